The largest absolute Gasteiger partial charge is 0.431 e. The summed E-state index contributed by atoms with van der Waals surface area (Å²) in [7, 11) is 0. The van der Waals surface area contributed by atoms with Gasteiger partial charge >= 0.3 is 6.18 Å². The lowest BCUT2D eigenvalue weighted by Crippen LogP contribution is -2.14. The van der Waals surface area contributed by atoms with Gasteiger partial charge in [-0.1, -0.05) is 0 Å². The Labute approximate surface area is 66.0 Å². The molecule has 0 spiro atoms. The maximum atomic E-state index is 11.9. The van der Waals surface area contributed by atoms with Crippen molar-refractivity contribution in [3.05, 3.63) is 33.7 Å². The molecule has 0 unspecified atom stereocenters. The van der Waals surface area contributed by atoms with Crippen molar-refractivity contribution < 1.29 is 13.2 Å². The van der Waals surface area contributed by atoms with E-state index in [1.54, 1.807) is 0 Å². The number of nitrogens with one attached hydrogen (secondary N) is 1. The second-order valence-electron chi connectivity index (χ2n) is 2.39. The van der Waals surface area contributed by atoms with E-state index in [0.717, 1.165) is 6.20 Å². The van der Waals surface area contributed by atoms with Gasteiger partial charge in [-0.3, -0.25) is 4.79 Å². The fourth-order valence-electron chi connectivity index (χ4n) is 0.707. The van der Waals surface area contributed by atoms with E-state index in [9.17, 15) is 18.0 Å². The van der Waals surface area contributed by atoms with Crippen LogP contribution in [-0.4, -0.2) is 4.98 Å². The minimum absolute atomic E-state index is 0.267. The highest BCUT2D eigenvalue weighted by Gasteiger charge is 2.31. The quantitative estimate of drug-likeness (QED) is 0.642. The molecule has 0 saturated carbocycles. The first-order chi connectivity index (χ1) is 5.41. The van der Waals surface area contributed by atoms with Gasteiger partial charge in [0.15, 0.2) is 5.43 Å². The molecule has 1 rings (SSSR count). The van der Waals surface area contributed by atoms with Crippen molar-refractivity contribution in [1.29, 1.82) is 0 Å². The summed E-state index contributed by atoms with van der Waals surface area (Å²) in [5.74, 6) is 0. The monoisotopic (exact) mass is 177 g/mol. The van der Waals surface area contributed by atoms with Gasteiger partial charge in [0.05, 0.1) is 0 Å². The number of alkyl halides is 3. The van der Waals surface area contributed by atoms with Gasteiger partial charge < -0.3 is 4.98 Å². The Morgan fingerprint density at radius 1 is 1.42 bits per heavy atom. The SMILES string of the molecule is Cc1c[nH]c(C(F)(F)F)cc1=O. The topological polar surface area (TPSA) is 32.9 Å². The highest BCUT2D eigenvalue weighted by Crippen LogP contribution is 2.25. The number of halogens is 3. The predicted molar refractivity (Wildman–Crippen MR) is 36.8 cm³/mol. The predicted octanol–water partition coefficient (Wildman–Crippen LogP) is 1.70. The maximum Gasteiger partial charge on any atom is 0.431 e. The average molecular weight is 177 g/mol. The van der Waals surface area contributed by atoms with E-state index in [-0.39, 0.29) is 5.56 Å². The molecule has 0 atom stereocenters. The number of H-pyrrole nitrogens is 1. The van der Waals surface area contributed by atoms with Crippen LogP contribution in [-0.2, 0) is 6.18 Å². The van der Waals surface area contributed by atoms with Crippen LogP contribution < -0.4 is 5.43 Å². The van der Waals surface area contributed by atoms with Crippen molar-refractivity contribution in [1.82, 2.24) is 4.98 Å². The summed E-state index contributed by atoms with van der Waals surface area (Å²) in [5, 5.41) is 0. The van der Waals surface area contributed by atoms with E-state index >= 15 is 0 Å². The Morgan fingerprint density at radius 3 is 2.42 bits per heavy atom. The van der Waals surface area contributed by atoms with E-state index in [2.05, 4.69) is 0 Å². The zero-order valence-electron chi connectivity index (χ0n) is 6.20. The molecule has 0 fully saturated rings. The number of rotatable bonds is 0. The van der Waals surface area contributed by atoms with Crippen LogP contribution >= 0.6 is 0 Å². The molecule has 2 nitrogen and oxygen atoms in total. The lowest BCUT2D eigenvalue weighted by atomic mass is 10.2. The van der Waals surface area contributed by atoms with Gasteiger partial charge in [0, 0.05) is 17.8 Å². The first-order valence-electron chi connectivity index (χ1n) is 3.18. The van der Waals surface area contributed by atoms with Gasteiger partial charge in [-0.25, -0.2) is 0 Å². The molecule has 1 heterocycles. The fourth-order valence-corrected chi connectivity index (χ4v) is 0.707. The zero-order chi connectivity index (χ0) is 9.35. The minimum atomic E-state index is -4.48. The normalized spacial score (nSPS) is 11.7. The van der Waals surface area contributed by atoms with Crippen molar-refractivity contribution in [2.45, 2.75) is 13.1 Å². The lowest BCUT2D eigenvalue weighted by molar-refractivity contribution is -0.141. The Morgan fingerprint density at radius 2 is 2.00 bits per heavy atom. The van der Waals surface area contributed by atoms with Gasteiger partial charge in [0.1, 0.15) is 5.69 Å². The Hall–Kier alpha value is -1.26. The molecule has 1 aromatic rings. The third kappa shape index (κ3) is 1.66. The molecule has 0 aliphatic carbocycles. The molecular formula is C7H6F3NO. The minimum Gasteiger partial charge on any atom is -0.357 e. The molecule has 0 aromatic carbocycles. The molecule has 5 heteroatoms. The van der Waals surface area contributed by atoms with Crippen LogP contribution in [0.15, 0.2) is 17.1 Å². The van der Waals surface area contributed by atoms with E-state index in [1.807, 2.05) is 4.98 Å². The van der Waals surface area contributed by atoms with Gasteiger partial charge in [-0.15, -0.1) is 0 Å². The molecule has 0 bridgehead atoms. The maximum absolute atomic E-state index is 11.9. The molecule has 0 amide bonds. The average Bonchev–Trinajstić information content (AvgIpc) is 1.92. The summed E-state index contributed by atoms with van der Waals surface area (Å²) in [6.45, 7) is 1.44. The van der Waals surface area contributed by atoms with E-state index in [1.165, 1.54) is 6.92 Å². The Kier molecular flexibility index (Phi) is 1.95. The molecule has 1 N–H and O–H groups in total. The van der Waals surface area contributed by atoms with Crippen molar-refractivity contribution in [3.63, 3.8) is 0 Å². The highest BCUT2D eigenvalue weighted by atomic mass is 19.4. The number of aromatic amines is 1. The van der Waals surface area contributed by atoms with Crippen molar-refractivity contribution >= 4 is 0 Å². The Balaban J connectivity index is 3.23. The number of hydrogen-bond donors (Lipinski definition) is 1. The Bertz CT molecular complexity index is 339. The van der Waals surface area contributed by atoms with Crippen molar-refractivity contribution in [2.75, 3.05) is 0 Å². The second kappa shape index (κ2) is 2.66. The van der Waals surface area contributed by atoms with Crippen molar-refractivity contribution in [3.8, 4) is 0 Å². The van der Waals surface area contributed by atoms with E-state index < -0.39 is 17.3 Å². The van der Waals surface area contributed by atoms with Crippen LogP contribution in [0.3, 0.4) is 0 Å². The van der Waals surface area contributed by atoms with Gasteiger partial charge in [0.25, 0.3) is 0 Å². The highest BCUT2D eigenvalue weighted by molar-refractivity contribution is 5.14. The summed E-state index contributed by atoms with van der Waals surface area (Å²) in [5.41, 5.74) is -1.36. The number of hydrogen-bond acceptors (Lipinski definition) is 1. The zero-order valence-corrected chi connectivity index (χ0v) is 6.20. The van der Waals surface area contributed by atoms with Crippen molar-refractivity contribution in [2.24, 2.45) is 0 Å². The van der Waals surface area contributed by atoms with E-state index in [4.69, 9.17) is 0 Å². The van der Waals surface area contributed by atoms with Gasteiger partial charge in [-0.05, 0) is 6.92 Å². The summed E-state index contributed by atoms with van der Waals surface area (Å²) in [4.78, 5) is 12.8. The molecule has 0 saturated heterocycles. The molecule has 0 radical (unpaired) electrons. The number of aryl methyl sites for hydroxylation is 1. The first kappa shape index (κ1) is 8.83. The molecule has 0 aliphatic rings. The summed E-state index contributed by atoms with van der Waals surface area (Å²) >= 11 is 0. The molecule has 12 heavy (non-hydrogen) atoms. The molecule has 0 aliphatic heterocycles. The number of pyridine rings is 1. The third-order valence-corrected chi connectivity index (χ3v) is 1.41. The van der Waals surface area contributed by atoms with Crippen LogP contribution in [0.25, 0.3) is 0 Å². The van der Waals surface area contributed by atoms with Crippen LogP contribution in [0.1, 0.15) is 11.3 Å². The third-order valence-electron chi connectivity index (χ3n) is 1.41. The van der Waals surface area contributed by atoms with E-state index in [0.29, 0.717) is 6.07 Å². The van der Waals surface area contributed by atoms with Gasteiger partial charge in [-0.2, -0.15) is 13.2 Å². The fraction of sp³-hybridized carbons (Fsp3) is 0.286. The summed E-state index contributed by atoms with van der Waals surface area (Å²) < 4.78 is 35.8. The molecular weight excluding hydrogens is 171 g/mol. The van der Waals surface area contributed by atoms with Crippen LogP contribution in [0.5, 0.6) is 0 Å². The molecule has 66 valence electrons. The second-order valence-corrected chi connectivity index (χ2v) is 2.39. The lowest BCUT2D eigenvalue weighted by Gasteiger charge is -2.05. The van der Waals surface area contributed by atoms with Gasteiger partial charge in [0.2, 0.25) is 0 Å². The van der Waals surface area contributed by atoms with Crippen LogP contribution in [0, 0.1) is 6.92 Å². The summed E-state index contributed by atoms with van der Waals surface area (Å²) in [6, 6.07) is 0.551. The van der Waals surface area contributed by atoms with Crippen LogP contribution in [0.4, 0.5) is 13.2 Å². The van der Waals surface area contributed by atoms with Crippen LogP contribution in [0.2, 0.25) is 0 Å². The molecule has 1 aromatic heterocycles. The smallest absolute Gasteiger partial charge is 0.357 e. The first-order valence-corrected chi connectivity index (χ1v) is 3.18. The number of aromatic nitrogens is 1. The standard InChI is InChI=1S/C7H6F3NO/c1-4-3-11-6(2-5(4)12)7(8,9)10/h2-3H,1H3,(H,11,12). The summed E-state index contributed by atoms with van der Waals surface area (Å²) in [6.07, 6.45) is -3.43.